The molecule has 1 aliphatic carbocycles. The molecule has 0 heterocycles. The second-order valence-corrected chi connectivity index (χ2v) is 6.93. The average Bonchev–Trinajstić information content (AvgIpc) is 2.75. The van der Waals surface area contributed by atoms with Crippen molar-refractivity contribution in [3.8, 4) is 0 Å². The van der Waals surface area contributed by atoms with E-state index < -0.39 is 16.0 Å². The lowest BCUT2D eigenvalue weighted by atomic mass is 9.88. The predicted octanol–water partition coefficient (Wildman–Crippen LogP) is 0.323. The van der Waals surface area contributed by atoms with Gasteiger partial charge in [-0.2, -0.15) is 0 Å². The minimum Gasteiger partial charge on any atom is -0.481 e. The largest absolute Gasteiger partial charge is 0.481 e. The van der Waals surface area contributed by atoms with E-state index in [1.54, 1.807) is 0 Å². The molecule has 1 rings (SSSR count). The normalized spacial score (nSPS) is 18.9. The smallest absolute Gasteiger partial charge is 0.303 e. The SMILES string of the molecule is O=C(O)CCCS(=O)(=O)NCC1(CO)CCCC1. The fourth-order valence-electron chi connectivity index (χ4n) is 2.26. The van der Waals surface area contributed by atoms with Crippen molar-refractivity contribution < 1.29 is 23.4 Å². The fraction of sp³-hybridized carbons (Fsp3) is 0.909. The molecular weight excluding hydrogens is 258 g/mol. The summed E-state index contributed by atoms with van der Waals surface area (Å²) in [6, 6.07) is 0. The van der Waals surface area contributed by atoms with Gasteiger partial charge in [-0.1, -0.05) is 12.8 Å². The van der Waals surface area contributed by atoms with E-state index in [4.69, 9.17) is 5.11 Å². The molecule has 6 nitrogen and oxygen atoms in total. The molecule has 0 aromatic rings. The number of aliphatic hydroxyl groups excluding tert-OH is 1. The number of sulfonamides is 1. The Labute approximate surface area is 107 Å². The van der Waals surface area contributed by atoms with E-state index in [0.29, 0.717) is 0 Å². The number of carbonyl (C=O) groups is 1. The Kier molecular flexibility index (Phi) is 5.55. The maximum absolute atomic E-state index is 11.6. The number of nitrogens with one attached hydrogen (secondary N) is 1. The first-order valence-electron chi connectivity index (χ1n) is 6.19. The Morgan fingerprint density at radius 3 is 2.39 bits per heavy atom. The highest BCUT2D eigenvalue weighted by Crippen LogP contribution is 2.36. The molecule has 0 aromatic carbocycles. The Hall–Kier alpha value is -0.660. The fourth-order valence-corrected chi connectivity index (χ4v) is 3.46. The van der Waals surface area contributed by atoms with E-state index in [1.165, 1.54) is 0 Å². The monoisotopic (exact) mass is 279 g/mol. The second-order valence-electron chi connectivity index (χ2n) is 5.00. The molecule has 7 heteroatoms. The van der Waals surface area contributed by atoms with Crippen LogP contribution in [-0.4, -0.2) is 43.5 Å². The second kappa shape index (κ2) is 6.49. The molecule has 0 atom stereocenters. The van der Waals surface area contributed by atoms with Crippen LogP contribution in [0.2, 0.25) is 0 Å². The number of carboxylic acids is 1. The van der Waals surface area contributed by atoms with Crippen molar-refractivity contribution in [1.29, 1.82) is 0 Å². The molecule has 106 valence electrons. The van der Waals surface area contributed by atoms with Crippen molar-refractivity contribution in [3.05, 3.63) is 0 Å². The van der Waals surface area contributed by atoms with Crippen molar-refractivity contribution in [2.75, 3.05) is 18.9 Å². The van der Waals surface area contributed by atoms with E-state index >= 15 is 0 Å². The van der Waals surface area contributed by atoms with E-state index in [0.717, 1.165) is 25.7 Å². The molecule has 0 bridgehead atoms. The lowest BCUT2D eigenvalue weighted by Gasteiger charge is -2.26. The van der Waals surface area contributed by atoms with Crippen LogP contribution in [0, 0.1) is 5.41 Å². The van der Waals surface area contributed by atoms with Crippen LogP contribution in [0.4, 0.5) is 0 Å². The van der Waals surface area contributed by atoms with Gasteiger partial charge in [0.05, 0.1) is 5.75 Å². The third-order valence-electron chi connectivity index (χ3n) is 3.47. The van der Waals surface area contributed by atoms with E-state index in [1.807, 2.05) is 0 Å². The number of carboxylic acid groups (broad SMARTS) is 1. The highest BCUT2D eigenvalue weighted by Gasteiger charge is 2.34. The molecule has 1 fully saturated rings. The number of aliphatic carboxylic acids is 1. The molecular formula is C11H21NO5S. The zero-order valence-electron chi connectivity index (χ0n) is 10.4. The van der Waals surface area contributed by atoms with Gasteiger partial charge in [-0.25, -0.2) is 13.1 Å². The van der Waals surface area contributed by atoms with Gasteiger partial charge in [0.1, 0.15) is 0 Å². The first kappa shape index (κ1) is 15.4. The highest BCUT2D eigenvalue weighted by atomic mass is 32.2. The van der Waals surface area contributed by atoms with E-state index in [-0.39, 0.29) is 37.2 Å². The van der Waals surface area contributed by atoms with Gasteiger partial charge in [0.2, 0.25) is 10.0 Å². The van der Waals surface area contributed by atoms with Gasteiger partial charge in [0.25, 0.3) is 0 Å². The van der Waals surface area contributed by atoms with Gasteiger partial charge in [0, 0.05) is 25.0 Å². The molecule has 0 amide bonds. The standard InChI is InChI=1S/C11H21NO5S/c13-9-11(5-1-2-6-11)8-12-18(16,17)7-3-4-10(14)15/h12-13H,1-9H2,(H,14,15). The lowest BCUT2D eigenvalue weighted by molar-refractivity contribution is -0.137. The van der Waals surface area contributed by atoms with Crippen LogP contribution >= 0.6 is 0 Å². The first-order valence-corrected chi connectivity index (χ1v) is 7.84. The Bertz CT molecular complexity index is 373. The van der Waals surface area contributed by atoms with Crippen molar-refractivity contribution in [2.45, 2.75) is 38.5 Å². The summed E-state index contributed by atoms with van der Waals surface area (Å²) in [6.07, 6.45) is 3.66. The molecule has 0 unspecified atom stereocenters. The van der Waals surface area contributed by atoms with Crippen LogP contribution in [0.5, 0.6) is 0 Å². The molecule has 1 aliphatic rings. The van der Waals surface area contributed by atoms with Crippen molar-refractivity contribution >= 4 is 16.0 Å². The van der Waals surface area contributed by atoms with Gasteiger partial charge >= 0.3 is 5.97 Å². The third kappa shape index (κ3) is 4.91. The molecule has 0 saturated heterocycles. The predicted molar refractivity (Wildman–Crippen MR) is 66.6 cm³/mol. The summed E-state index contributed by atoms with van der Waals surface area (Å²) in [7, 11) is -3.44. The quantitative estimate of drug-likeness (QED) is 0.594. The van der Waals surface area contributed by atoms with Gasteiger partial charge in [-0.05, 0) is 19.3 Å². The summed E-state index contributed by atoms with van der Waals surface area (Å²) < 4.78 is 25.8. The van der Waals surface area contributed by atoms with Crippen LogP contribution in [0.3, 0.4) is 0 Å². The van der Waals surface area contributed by atoms with Crippen LogP contribution < -0.4 is 4.72 Å². The summed E-state index contributed by atoms with van der Waals surface area (Å²) in [5, 5.41) is 17.8. The Morgan fingerprint density at radius 2 is 1.89 bits per heavy atom. The van der Waals surface area contributed by atoms with E-state index in [2.05, 4.69) is 4.72 Å². The highest BCUT2D eigenvalue weighted by molar-refractivity contribution is 7.89. The summed E-state index contributed by atoms with van der Waals surface area (Å²) in [4.78, 5) is 10.3. The number of hydrogen-bond acceptors (Lipinski definition) is 4. The topological polar surface area (TPSA) is 104 Å². The van der Waals surface area contributed by atoms with E-state index in [9.17, 15) is 18.3 Å². The van der Waals surface area contributed by atoms with Gasteiger partial charge < -0.3 is 10.2 Å². The molecule has 0 spiro atoms. The van der Waals surface area contributed by atoms with Gasteiger partial charge in [-0.15, -0.1) is 0 Å². The molecule has 3 N–H and O–H groups in total. The molecule has 1 saturated carbocycles. The van der Waals surface area contributed by atoms with Crippen LogP contribution in [0.1, 0.15) is 38.5 Å². The lowest BCUT2D eigenvalue weighted by Crippen LogP contribution is -2.39. The molecule has 0 aromatic heterocycles. The molecule has 0 aliphatic heterocycles. The Morgan fingerprint density at radius 1 is 1.28 bits per heavy atom. The number of rotatable bonds is 8. The molecule has 18 heavy (non-hydrogen) atoms. The summed E-state index contributed by atoms with van der Waals surface area (Å²) in [5.74, 6) is -1.17. The summed E-state index contributed by atoms with van der Waals surface area (Å²) in [5.41, 5.74) is -0.320. The zero-order chi connectivity index (χ0) is 13.6. The summed E-state index contributed by atoms with van der Waals surface area (Å²) in [6.45, 7) is 0.240. The summed E-state index contributed by atoms with van der Waals surface area (Å²) >= 11 is 0. The molecule has 0 radical (unpaired) electrons. The zero-order valence-corrected chi connectivity index (χ0v) is 11.2. The van der Waals surface area contributed by atoms with Crippen LogP contribution in [0.25, 0.3) is 0 Å². The minimum atomic E-state index is -3.44. The van der Waals surface area contributed by atoms with Crippen LogP contribution in [0.15, 0.2) is 0 Å². The number of hydrogen-bond donors (Lipinski definition) is 3. The van der Waals surface area contributed by atoms with Crippen LogP contribution in [-0.2, 0) is 14.8 Å². The van der Waals surface area contributed by atoms with Gasteiger partial charge in [0.15, 0.2) is 0 Å². The van der Waals surface area contributed by atoms with Crippen molar-refractivity contribution in [1.82, 2.24) is 4.72 Å². The average molecular weight is 279 g/mol. The maximum Gasteiger partial charge on any atom is 0.303 e. The maximum atomic E-state index is 11.6. The third-order valence-corrected chi connectivity index (χ3v) is 4.88. The Balaban J connectivity index is 2.38. The van der Waals surface area contributed by atoms with Crippen molar-refractivity contribution in [3.63, 3.8) is 0 Å². The van der Waals surface area contributed by atoms with Gasteiger partial charge in [-0.3, -0.25) is 4.79 Å². The number of aliphatic hydroxyl groups is 1. The first-order chi connectivity index (χ1) is 8.39. The van der Waals surface area contributed by atoms with Crippen molar-refractivity contribution in [2.24, 2.45) is 5.41 Å². The minimum absolute atomic E-state index is 0.00928.